The van der Waals surface area contributed by atoms with Gasteiger partial charge in [-0.3, -0.25) is 14.6 Å². The molecule has 362 valence electrons. The predicted octanol–water partition coefficient (Wildman–Crippen LogP) is 12.7. The summed E-state index contributed by atoms with van der Waals surface area (Å²) in [7, 11) is 1.92. The number of hydrogen-bond donors (Lipinski definition) is 0. The lowest BCUT2D eigenvalue weighted by atomic mass is 9.73. The van der Waals surface area contributed by atoms with E-state index in [1.165, 1.54) is 200 Å². The van der Waals surface area contributed by atoms with Gasteiger partial charge in [-0.1, -0.05) is 89.9 Å². The first-order valence-corrected chi connectivity index (χ1v) is 27.5. The average Bonchev–Trinajstić information content (AvgIpc) is 3.32. The van der Waals surface area contributed by atoms with Gasteiger partial charge in [0.05, 0.1) is 19.3 Å². The third-order valence-corrected chi connectivity index (χ3v) is 18.1. The molecule has 0 aliphatic heterocycles. The summed E-state index contributed by atoms with van der Waals surface area (Å²) in [6.07, 6.45) is 47.0. The van der Waals surface area contributed by atoms with Crippen molar-refractivity contribution in [3.63, 3.8) is 0 Å². The van der Waals surface area contributed by atoms with E-state index >= 15 is 0 Å². The third-order valence-electron chi connectivity index (χ3n) is 18.1. The zero-order chi connectivity index (χ0) is 43.6. The number of nitrogens with zero attached hydrogens (tertiary/aromatic N) is 2. The van der Waals surface area contributed by atoms with E-state index in [1.54, 1.807) is 0 Å². The van der Waals surface area contributed by atoms with Crippen molar-refractivity contribution < 1.29 is 33.3 Å². The van der Waals surface area contributed by atoms with Crippen LogP contribution in [0, 0.1) is 23.7 Å². The second kappa shape index (κ2) is 26.8. The maximum Gasteiger partial charge on any atom is 0.508 e. The Morgan fingerprint density at radius 1 is 0.397 bits per heavy atom. The summed E-state index contributed by atoms with van der Waals surface area (Å²) < 4.78 is 27.0. The van der Waals surface area contributed by atoms with Crippen LogP contribution in [0.3, 0.4) is 0 Å². The van der Waals surface area contributed by atoms with Crippen molar-refractivity contribution in [2.75, 3.05) is 33.5 Å². The maximum atomic E-state index is 12.4. The Morgan fingerprint density at radius 3 is 1.11 bits per heavy atom. The number of hydrogen-bond acceptors (Lipinski definition) is 9. The summed E-state index contributed by atoms with van der Waals surface area (Å²) in [5.41, 5.74) is 0. The molecule has 7 rings (SSSR count). The molecule has 0 aromatic rings. The summed E-state index contributed by atoms with van der Waals surface area (Å²) in [6, 6.07) is 4.64. The van der Waals surface area contributed by atoms with Crippen molar-refractivity contribution in [1.82, 2.24) is 9.80 Å². The normalized spacial score (nSPS) is 34.2. The molecule has 9 nitrogen and oxygen atoms in total. The van der Waals surface area contributed by atoms with Crippen LogP contribution in [0.4, 0.5) is 4.79 Å². The molecule has 7 saturated carbocycles. The monoisotopic (exact) mass is 883 g/mol. The molecule has 0 spiro atoms. The van der Waals surface area contributed by atoms with Crippen molar-refractivity contribution in [1.29, 1.82) is 0 Å². The molecule has 7 fully saturated rings. The Kier molecular flexibility index (Phi) is 21.0. The van der Waals surface area contributed by atoms with Crippen LogP contribution in [-0.2, 0) is 28.5 Å². The van der Waals surface area contributed by atoms with Crippen LogP contribution < -0.4 is 0 Å². The summed E-state index contributed by atoms with van der Waals surface area (Å²) in [6.45, 7) is 2.29. The number of rotatable bonds is 20. The zero-order valence-electron chi connectivity index (χ0n) is 40.6. The fourth-order valence-corrected chi connectivity index (χ4v) is 14.5. The third kappa shape index (κ3) is 15.8. The van der Waals surface area contributed by atoms with Crippen molar-refractivity contribution in [2.24, 2.45) is 23.7 Å². The largest absolute Gasteiger partial charge is 0.508 e. The first-order chi connectivity index (χ1) is 30.9. The number of carbonyl (C=O) groups is 2. The molecule has 0 atom stereocenters. The molecule has 0 N–H and O–H groups in total. The molecule has 7 aliphatic carbocycles. The van der Waals surface area contributed by atoms with Crippen LogP contribution in [-0.4, -0.2) is 104 Å². The van der Waals surface area contributed by atoms with Gasteiger partial charge in [0.1, 0.15) is 19.3 Å². The van der Waals surface area contributed by atoms with Gasteiger partial charge in [-0.25, -0.2) is 4.79 Å². The van der Waals surface area contributed by atoms with E-state index in [0.717, 1.165) is 79.6 Å². The van der Waals surface area contributed by atoms with Gasteiger partial charge in [-0.15, -0.1) is 0 Å². The lowest BCUT2D eigenvalue weighted by Crippen LogP contribution is -2.52. The fraction of sp³-hybridized carbons (Fsp3) is 0.963. The number of esters is 1. The molecule has 0 heterocycles. The molecule has 63 heavy (non-hydrogen) atoms. The molecular formula is C54H94N2O7. The first-order valence-electron chi connectivity index (χ1n) is 27.5. The first kappa shape index (κ1) is 49.5. The van der Waals surface area contributed by atoms with Gasteiger partial charge in [0, 0.05) is 50.3 Å². The van der Waals surface area contributed by atoms with Gasteiger partial charge in [0.2, 0.25) is 0 Å². The van der Waals surface area contributed by atoms with E-state index < -0.39 is 6.16 Å². The summed E-state index contributed by atoms with van der Waals surface area (Å²) >= 11 is 0. The fourth-order valence-electron chi connectivity index (χ4n) is 14.5. The van der Waals surface area contributed by atoms with E-state index in [9.17, 15) is 9.59 Å². The SMILES string of the molecule is COC1CCC(N(C2CCCCC2)C2CCC(CCC3CCC(CCC4CCC(N(C5CCCCC5)C5CCC(OC(=O)OCCOCCOC(C)=O)CC5)CC4)CC3)CC2)CC1. The second-order valence-electron chi connectivity index (χ2n) is 22.1. The van der Waals surface area contributed by atoms with E-state index in [-0.39, 0.29) is 31.9 Å². The van der Waals surface area contributed by atoms with Crippen LogP contribution in [0.1, 0.15) is 225 Å². The van der Waals surface area contributed by atoms with Gasteiger partial charge in [-0.2, -0.15) is 0 Å². The van der Waals surface area contributed by atoms with Gasteiger partial charge >= 0.3 is 12.1 Å². The highest BCUT2D eigenvalue weighted by molar-refractivity contribution is 5.65. The van der Waals surface area contributed by atoms with E-state index in [1.807, 2.05) is 7.11 Å². The summed E-state index contributed by atoms with van der Waals surface area (Å²) in [5, 5.41) is 0. The number of methoxy groups -OCH3 is 1. The molecule has 0 unspecified atom stereocenters. The van der Waals surface area contributed by atoms with Crippen LogP contribution >= 0.6 is 0 Å². The van der Waals surface area contributed by atoms with E-state index in [2.05, 4.69) is 9.80 Å². The molecule has 0 aromatic heterocycles. The predicted molar refractivity (Wildman–Crippen MR) is 252 cm³/mol. The van der Waals surface area contributed by atoms with Crippen LogP contribution in [0.25, 0.3) is 0 Å². The second-order valence-corrected chi connectivity index (χ2v) is 22.1. The molecular weight excluding hydrogens is 789 g/mol. The highest BCUT2D eigenvalue weighted by atomic mass is 16.7. The lowest BCUT2D eigenvalue weighted by molar-refractivity contribution is -0.142. The quantitative estimate of drug-likeness (QED) is 0.0876. The molecule has 0 aromatic carbocycles. The minimum absolute atomic E-state index is 0.0540. The lowest BCUT2D eigenvalue weighted by Gasteiger charge is -2.49. The molecule has 0 bridgehead atoms. The Balaban J connectivity index is 0.757. The number of ether oxygens (including phenoxy) is 5. The van der Waals surface area contributed by atoms with Gasteiger partial charge < -0.3 is 23.7 Å². The van der Waals surface area contributed by atoms with Crippen LogP contribution in [0.15, 0.2) is 0 Å². The van der Waals surface area contributed by atoms with Crippen LogP contribution in [0.2, 0.25) is 0 Å². The summed E-state index contributed by atoms with van der Waals surface area (Å²) in [4.78, 5) is 29.4. The van der Waals surface area contributed by atoms with Gasteiger partial charge in [-0.05, 0) is 152 Å². The molecule has 7 aliphatic rings. The van der Waals surface area contributed by atoms with Crippen molar-refractivity contribution in [3.8, 4) is 0 Å². The van der Waals surface area contributed by atoms with Gasteiger partial charge in [0.25, 0.3) is 0 Å². The highest BCUT2D eigenvalue weighted by Crippen LogP contribution is 2.43. The van der Waals surface area contributed by atoms with Gasteiger partial charge in [0.15, 0.2) is 0 Å². The van der Waals surface area contributed by atoms with Crippen molar-refractivity contribution in [3.05, 3.63) is 0 Å². The van der Waals surface area contributed by atoms with E-state index in [0.29, 0.717) is 18.8 Å². The molecule has 0 saturated heterocycles. The Hall–Kier alpha value is -1.42. The highest BCUT2D eigenvalue weighted by Gasteiger charge is 2.40. The molecule has 0 radical (unpaired) electrons. The van der Waals surface area contributed by atoms with Crippen molar-refractivity contribution >= 4 is 12.1 Å². The maximum absolute atomic E-state index is 12.4. The van der Waals surface area contributed by atoms with E-state index in [4.69, 9.17) is 23.7 Å². The minimum Gasteiger partial charge on any atom is -0.463 e. The van der Waals surface area contributed by atoms with Crippen molar-refractivity contribution in [2.45, 2.75) is 274 Å². The topological polar surface area (TPSA) is 86.8 Å². The standard InChI is InChI=1S/C54H94N2O7/c1-41(57)61-39-37-60-38-40-62-54(58)63-53-35-31-51(32-36-53)56(47-11-7-4-8-12-47)49-27-23-45(24-28-49)20-18-43-15-13-42(14-16-43)17-19-44-21-25-48(26-22-44)55(46-9-5-3-6-10-46)50-29-33-52(59-2)34-30-50/h42-53H,3-40H2,1-2H3. The molecule has 9 heteroatoms. The zero-order valence-corrected chi connectivity index (χ0v) is 40.6. The minimum atomic E-state index is -0.590. The van der Waals surface area contributed by atoms with Crippen LogP contribution in [0.5, 0.6) is 0 Å². The Morgan fingerprint density at radius 2 is 0.730 bits per heavy atom. The molecule has 0 amide bonds. The Labute approximate surface area is 384 Å². The summed E-state index contributed by atoms with van der Waals surface area (Å²) in [5.74, 6) is 3.59. The average molecular weight is 883 g/mol. The smallest absolute Gasteiger partial charge is 0.463 e. The number of carbonyl (C=O) groups excluding carboxylic acids is 2. The Bertz CT molecular complexity index is 1260.